The number of aromatic nitrogens is 1. The fourth-order valence-corrected chi connectivity index (χ4v) is 2.12. The number of nitrogens with zero attached hydrogens (tertiary/aromatic N) is 1. The lowest BCUT2D eigenvalue weighted by atomic mass is 10.2. The Bertz CT molecular complexity index is 296. The van der Waals surface area contributed by atoms with E-state index in [2.05, 4.69) is 36.8 Å². The maximum atomic E-state index is 12.4. The van der Waals surface area contributed by atoms with Gasteiger partial charge in [-0.15, -0.1) is 0 Å². The van der Waals surface area contributed by atoms with Crippen molar-refractivity contribution < 1.29 is 8.78 Å². The minimum Gasteiger partial charge on any atom is -0.244 e. The molecule has 0 atom stereocenters. The average Bonchev–Trinajstić information content (AvgIpc) is 2.02. The Kier molecular flexibility index (Phi) is 4.06. The summed E-state index contributed by atoms with van der Waals surface area (Å²) >= 11 is 11.7. The predicted molar refractivity (Wildman–Crippen MR) is 54.5 cm³/mol. The van der Waals surface area contributed by atoms with Gasteiger partial charge in [0.25, 0.3) is 6.43 Å². The van der Waals surface area contributed by atoms with Gasteiger partial charge in [-0.1, -0.05) is 27.5 Å². The van der Waals surface area contributed by atoms with Crippen LogP contribution in [-0.4, -0.2) is 4.98 Å². The molecule has 1 aromatic heterocycles. The quantitative estimate of drug-likeness (QED) is 0.579. The van der Waals surface area contributed by atoms with E-state index in [4.69, 9.17) is 11.6 Å². The molecule has 0 saturated heterocycles. The first-order valence-electron chi connectivity index (χ1n) is 3.25. The third-order valence-corrected chi connectivity index (χ3v) is 2.86. The van der Waals surface area contributed by atoms with Crippen molar-refractivity contribution in [3.8, 4) is 0 Å². The van der Waals surface area contributed by atoms with E-state index in [1.807, 2.05) is 0 Å². The standard InChI is InChI=1S/C7H4Br2ClF2N/c8-2-3-1-4(10)5(7(11)12)6(9)13-3/h1,7H,2H2. The van der Waals surface area contributed by atoms with Crippen LogP contribution < -0.4 is 0 Å². The summed E-state index contributed by atoms with van der Waals surface area (Å²) in [5.41, 5.74) is 0.354. The molecule has 72 valence electrons. The molecule has 0 fully saturated rings. The Labute approximate surface area is 95.8 Å². The topological polar surface area (TPSA) is 12.9 Å². The number of alkyl halides is 3. The second-order valence-corrected chi connectivity index (χ2v) is 3.95. The van der Waals surface area contributed by atoms with E-state index in [1.54, 1.807) is 0 Å². The SMILES string of the molecule is FC(F)c1c(Cl)cc(CBr)nc1Br. The highest BCUT2D eigenvalue weighted by Gasteiger charge is 2.17. The Morgan fingerprint density at radius 1 is 1.54 bits per heavy atom. The highest BCUT2D eigenvalue weighted by atomic mass is 79.9. The second-order valence-electron chi connectivity index (χ2n) is 2.23. The summed E-state index contributed by atoms with van der Waals surface area (Å²) in [4.78, 5) is 3.88. The number of rotatable bonds is 2. The lowest BCUT2D eigenvalue weighted by Crippen LogP contribution is -1.95. The molecular formula is C7H4Br2ClF2N. The predicted octanol–water partition coefficient (Wildman–Crippen LogP) is 4.33. The van der Waals surface area contributed by atoms with Crippen LogP contribution >= 0.6 is 43.5 Å². The number of pyridine rings is 1. The number of halogens is 5. The summed E-state index contributed by atoms with van der Waals surface area (Å²) in [7, 11) is 0. The Balaban J connectivity index is 3.23. The van der Waals surface area contributed by atoms with Gasteiger partial charge in [-0.05, 0) is 22.0 Å². The third kappa shape index (κ3) is 2.60. The molecule has 0 unspecified atom stereocenters. The van der Waals surface area contributed by atoms with E-state index in [0.29, 0.717) is 11.0 Å². The van der Waals surface area contributed by atoms with Crippen molar-refractivity contribution in [1.29, 1.82) is 0 Å². The fourth-order valence-electron chi connectivity index (χ4n) is 0.804. The van der Waals surface area contributed by atoms with Gasteiger partial charge >= 0.3 is 0 Å². The molecule has 13 heavy (non-hydrogen) atoms. The molecular weight excluding hydrogens is 331 g/mol. The van der Waals surface area contributed by atoms with Crippen molar-refractivity contribution in [2.75, 3.05) is 0 Å². The van der Waals surface area contributed by atoms with Crippen molar-refractivity contribution in [3.05, 3.63) is 26.9 Å². The second kappa shape index (κ2) is 4.66. The van der Waals surface area contributed by atoms with Gasteiger partial charge in [0.15, 0.2) is 0 Å². The Morgan fingerprint density at radius 3 is 2.54 bits per heavy atom. The molecule has 0 bridgehead atoms. The minimum absolute atomic E-state index is 0.0336. The van der Waals surface area contributed by atoms with E-state index in [9.17, 15) is 8.78 Å². The highest BCUT2D eigenvalue weighted by Crippen LogP contribution is 2.33. The van der Waals surface area contributed by atoms with Crippen LogP contribution in [0.15, 0.2) is 10.7 Å². The van der Waals surface area contributed by atoms with E-state index < -0.39 is 6.43 Å². The summed E-state index contributed by atoms with van der Waals surface area (Å²) in [5.74, 6) is 0. The molecule has 0 amide bonds. The molecule has 0 spiro atoms. The Morgan fingerprint density at radius 2 is 2.15 bits per heavy atom. The maximum Gasteiger partial charge on any atom is 0.267 e. The molecule has 1 nitrogen and oxygen atoms in total. The highest BCUT2D eigenvalue weighted by molar-refractivity contribution is 9.10. The van der Waals surface area contributed by atoms with Crippen molar-refractivity contribution in [2.24, 2.45) is 0 Å². The molecule has 1 aromatic rings. The fraction of sp³-hybridized carbons (Fsp3) is 0.286. The van der Waals surface area contributed by atoms with Crippen LogP contribution in [0.4, 0.5) is 8.78 Å². The summed E-state index contributed by atoms with van der Waals surface area (Å²) in [6.07, 6.45) is -2.61. The van der Waals surface area contributed by atoms with Gasteiger partial charge in [0.1, 0.15) is 4.60 Å². The first-order valence-corrected chi connectivity index (χ1v) is 5.54. The molecule has 0 N–H and O–H groups in total. The maximum absolute atomic E-state index is 12.4. The van der Waals surface area contributed by atoms with Gasteiger partial charge in [-0.2, -0.15) is 0 Å². The third-order valence-electron chi connectivity index (χ3n) is 1.37. The molecule has 6 heteroatoms. The van der Waals surface area contributed by atoms with Gasteiger partial charge < -0.3 is 0 Å². The van der Waals surface area contributed by atoms with Crippen LogP contribution in [0, 0.1) is 0 Å². The zero-order chi connectivity index (χ0) is 10.0. The summed E-state index contributed by atoms with van der Waals surface area (Å²) in [5, 5.41) is 0.515. The van der Waals surface area contributed by atoms with Crippen LogP contribution in [0.2, 0.25) is 5.02 Å². The molecule has 0 radical (unpaired) electrons. The lowest BCUT2D eigenvalue weighted by Gasteiger charge is -2.06. The number of hydrogen-bond acceptors (Lipinski definition) is 1. The summed E-state index contributed by atoms with van der Waals surface area (Å²) < 4.78 is 24.8. The molecule has 0 saturated carbocycles. The van der Waals surface area contributed by atoms with Crippen molar-refractivity contribution >= 4 is 43.5 Å². The van der Waals surface area contributed by atoms with Gasteiger partial charge in [-0.3, -0.25) is 0 Å². The molecule has 1 rings (SSSR count). The molecule has 0 aliphatic carbocycles. The van der Waals surface area contributed by atoms with Gasteiger partial charge in [-0.25, -0.2) is 13.8 Å². The van der Waals surface area contributed by atoms with Gasteiger partial charge in [0.05, 0.1) is 16.3 Å². The van der Waals surface area contributed by atoms with Crippen molar-refractivity contribution in [3.63, 3.8) is 0 Å². The van der Waals surface area contributed by atoms with E-state index in [-0.39, 0.29) is 15.2 Å². The lowest BCUT2D eigenvalue weighted by molar-refractivity contribution is 0.150. The molecule has 0 aliphatic heterocycles. The first-order chi connectivity index (χ1) is 6.06. The molecule has 0 aliphatic rings. The van der Waals surface area contributed by atoms with Gasteiger partial charge in [0.2, 0.25) is 0 Å². The number of hydrogen-bond donors (Lipinski definition) is 0. The smallest absolute Gasteiger partial charge is 0.244 e. The zero-order valence-electron chi connectivity index (χ0n) is 6.20. The van der Waals surface area contributed by atoms with Crippen LogP contribution in [0.5, 0.6) is 0 Å². The van der Waals surface area contributed by atoms with Crippen LogP contribution in [0.3, 0.4) is 0 Å². The average molecular weight is 335 g/mol. The van der Waals surface area contributed by atoms with Gasteiger partial charge in [0, 0.05) is 5.33 Å². The monoisotopic (exact) mass is 333 g/mol. The summed E-state index contributed by atoms with van der Waals surface area (Å²) in [6, 6.07) is 1.42. The molecule has 0 aromatic carbocycles. The van der Waals surface area contributed by atoms with E-state index in [1.165, 1.54) is 6.07 Å². The van der Waals surface area contributed by atoms with E-state index >= 15 is 0 Å². The van der Waals surface area contributed by atoms with E-state index in [0.717, 1.165) is 0 Å². The summed E-state index contributed by atoms with van der Waals surface area (Å²) in [6.45, 7) is 0. The minimum atomic E-state index is -2.61. The Hall–Kier alpha value is 0.260. The van der Waals surface area contributed by atoms with Crippen molar-refractivity contribution in [1.82, 2.24) is 4.98 Å². The largest absolute Gasteiger partial charge is 0.267 e. The first kappa shape index (κ1) is 11.3. The zero-order valence-corrected chi connectivity index (χ0v) is 10.1. The van der Waals surface area contributed by atoms with Crippen LogP contribution in [0.1, 0.15) is 17.7 Å². The van der Waals surface area contributed by atoms with Crippen LogP contribution in [0.25, 0.3) is 0 Å². The van der Waals surface area contributed by atoms with Crippen LogP contribution in [-0.2, 0) is 5.33 Å². The molecule has 1 heterocycles. The normalized spacial score (nSPS) is 10.9. The van der Waals surface area contributed by atoms with Crippen molar-refractivity contribution in [2.45, 2.75) is 11.8 Å².